The number of thiophene rings is 1. The second-order valence-corrected chi connectivity index (χ2v) is 6.51. The Morgan fingerprint density at radius 2 is 2.33 bits per heavy atom. The van der Waals surface area contributed by atoms with Crippen molar-refractivity contribution in [3.63, 3.8) is 0 Å². The van der Waals surface area contributed by atoms with Crippen LogP contribution in [0.3, 0.4) is 0 Å². The molecule has 0 bridgehead atoms. The summed E-state index contributed by atoms with van der Waals surface area (Å²) in [5.41, 5.74) is 2.90. The quantitative estimate of drug-likeness (QED) is 0.572. The minimum atomic E-state index is 0.430. The Balaban J connectivity index is 2.22. The van der Waals surface area contributed by atoms with Gasteiger partial charge in [-0.05, 0) is 29.5 Å². The van der Waals surface area contributed by atoms with Gasteiger partial charge < -0.3 is 0 Å². The van der Waals surface area contributed by atoms with E-state index in [1.807, 2.05) is 23.1 Å². The van der Waals surface area contributed by atoms with E-state index in [0.717, 1.165) is 18.6 Å². The number of aryl methyl sites for hydroxylation is 1. The number of nitrogens with two attached hydrogens (primary N) is 1. The van der Waals surface area contributed by atoms with Crippen molar-refractivity contribution in [1.29, 1.82) is 0 Å². The molecule has 15 heavy (non-hydrogen) atoms. The molecule has 0 aromatic carbocycles. The standard InChI is InChI=1S/C11H20N2S2/c1-9(2)15-8-10(13-12)5-6-11-4-3-7-14-11/h3-4,7,9-10,13H,5-6,8,12H2,1-2H3. The Bertz CT molecular complexity index is 247. The van der Waals surface area contributed by atoms with Crippen LogP contribution in [0.4, 0.5) is 0 Å². The third kappa shape index (κ3) is 5.56. The molecule has 1 unspecified atom stereocenters. The van der Waals surface area contributed by atoms with E-state index in [1.54, 1.807) is 0 Å². The van der Waals surface area contributed by atoms with Crippen LogP contribution in [-0.2, 0) is 6.42 Å². The van der Waals surface area contributed by atoms with Crippen LogP contribution in [0.2, 0.25) is 0 Å². The van der Waals surface area contributed by atoms with Gasteiger partial charge in [-0.3, -0.25) is 11.3 Å². The third-order valence-corrected chi connectivity index (χ3v) is 4.38. The summed E-state index contributed by atoms with van der Waals surface area (Å²) < 4.78 is 0. The van der Waals surface area contributed by atoms with Crippen molar-refractivity contribution in [1.82, 2.24) is 5.43 Å². The molecule has 0 aliphatic carbocycles. The predicted octanol–water partition coefficient (Wildman–Crippen LogP) is 2.65. The van der Waals surface area contributed by atoms with Gasteiger partial charge in [0, 0.05) is 16.7 Å². The van der Waals surface area contributed by atoms with Crippen molar-refractivity contribution < 1.29 is 0 Å². The maximum absolute atomic E-state index is 5.54. The summed E-state index contributed by atoms with van der Waals surface area (Å²) in [5.74, 6) is 6.64. The van der Waals surface area contributed by atoms with Crippen LogP contribution in [0.5, 0.6) is 0 Å². The molecule has 3 N–H and O–H groups in total. The molecule has 1 heterocycles. The van der Waals surface area contributed by atoms with Crippen molar-refractivity contribution in [2.75, 3.05) is 5.75 Å². The molecule has 1 atom stereocenters. The fraction of sp³-hybridized carbons (Fsp3) is 0.636. The van der Waals surface area contributed by atoms with Crippen LogP contribution >= 0.6 is 23.1 Å². The van der Waals surface area contributed by atoms with Gasteiger partial charge >= 0.3 is 0 Å². The number of nitrogens with one attached hydrogen (secondary N) is 1. The molecule has 1 rings (SSSR count). The first-order valence-corrected chi connectivity index (χ1v) is 7.25. The van der Waals surface area contributed by atoms with Gasteiger partial charge in [0.2, 0.25) is 0 Å². The summed E-state index contributed by atoms with van der Waals surface area (Å²) in [6.07, 6.45) is 2.25. The molecule has 0 aliphatic heterocycles. The maximum Gasteiger partial charge on any atom is 0.0304 e. The number of hydrazine groups is 1. The highest BCUT2D eigenvalue weighted by Crippen LogP contribution is 2.15. The number of hydrogen-bond acceptors (Lipinski definition) is 4. The Hall–Kier alpha value is -0.0300. The van der Waals surface area contributed by atoms with Crippen LogP contribution < -0.4 is 11.3 Å². The fourth-order valence-electron chi connectivity index (χ4n) is 1.29. The molecule has 4 heteroatoms. The highest BCUT2D eigenvalue weighted by molar-refractivity contribution is 7.99. The zero-order chi connectivity index (χ0) is 11.1. The average Bonchev–Trinajstić information content (AvgIpc) is 2.70. The van der Waals surface area contributed by atoms with Crippen LogP contribution in [0.15, 0.2) is 17.5 Å². The lowest BCUT2D eigenvalue weighted by molar-refractivity contribution is 0.540. The van der Waals surface area contributed by atoms with Crippen molar-refractivity contribution in [2.45, 2.75) is 38.0 Å². The van der Waals surface area contributed by atoms with Crippen molar-refractivity contribution >= 4 is 23.1 Å². The molecule has 1 aromatic heterocycles. The van der Waals surface area contributed by atoms with Crippen LogP contribution in [-0.4, -0.2) is 17.0 Å². The topological polar surface area (TPSA) is 38.0 Å². The first-order chi connectivity index (χ1) is 7.22. The van der Waals surface area contributed by atoms with Gasteiger partial charge in [0.25, 0.3) is 0 Å². The second kappa shape index (κ2) is 7.28. The fourth-order valence-corrected chi connectivity index (χ4v) is 2.90. The monoisotopic (exact) mass is 244 g/mol. The minimum absolute atomic E-state index is 0.430. The summed E-state index contributed by atoms with van der Waals surface area (Å²) in [4.78, 5) is 1.45. The smallest absolute Gasteiger partial charge is 0.0304 e. The lowest BCUT2D eigenvalue weighted by Gasteiger charge is -2.16. The zero-order valence-corrected chi connectivity index (χ0v) is 11.0. The molecule has 1 aromatic rings. The van der Waals surface area contributed by atoms with Gasteiger partial charge in [-0.1, -0.05) is 19.9 Å². The first kappa shape index (κ1) is 13.0. The van der Waals surface area contributed by atoms with E-state index in [4.69, 9.17) is 5.84 Å². The van der Waals surface area contributed by atoms with Gasteiger partial charge in [0.15, 0.2) is 0 Å². The van der Waals surface area contributed by atoms with E-state index in [0.29, 0.717) is 11.3 Å². The van der Waals surface area contributed by atoms with Gasteiger partial charge in [0.1, 0.15) is 0 Å². The molecule has 0 saturated carbocycles. The highest BCUT2D eigenvalue weighted by Gasteiger charge is 2.08. The second-order valence-electron chi connectivity index (χ2n) is 3.86. The molecule has 86 valence electrons. The first-order valence-electron chi connectivity index (χ1n) is 5.32. The number of rotatable bonds is 7. The maximum atomic E-state index is 5.54. The number of thioether (sulfide) groups is 1. The molecule has 0 fully saturated rings. The van der Waals surface area contributed by atoms with E-state index >= 15 is 0 Å². The van der Waals surface area contributed by atoms with Crippen molar-refractivity contribution in [3.05, 3.63) is 22.4 Å². The lowest BCUT2D eigenvalue weighted by Crippen LogP contribution is -2.37. The molecule has 0 spiro atoms. The van der Waals surface area contributed by atoms with Crippen molar-refractivity contribution in [2.24, 2.45) is 5.84 Å². The average molecular weight is 244 g/mol. The Morgan fingerprint density at radius 1 is 1.53 bits per heavy atom. The molecule has 0 aliphatic rings. The molecule has 0 radical (unpaired) electrons. The predicted molar refractivity (Wildman–Crippen MR) is 71.3 cm³/mol. The Labute approximate surface area is 101 Å². The molecule has 2 nitrogen and oxygen atoms in total. The molecular formula is C11H20N2S2. The summed E-state index contributed by atoms with van der Waals surface area (Å²) >= 11 is 3.79. The third-order valence-electron chi connectivity index (χ3n) is 2.19. The minimum Gasteiger partial charge on any atom is -0.271 e. The van der Waals surface area contributed by atoms with Crippen LogP contribution in [0.1, 0.15) is 25.1 Å². The van der Waals surface area contributed by atoms with E-state index < -0.39 is 0 Å². The van der Waals surface area contributed by atoms with Crippen LogP contribution in [0.25, 0.3) is 0 Å². The zero-order valence-electron chi connectivity index (χ0n) is 9.40. The van der Waals surface area contributed by atoms with Gasteiger partial charge in [-0.2, -0.15) is 11.8 Å². The lowest BCUT2D eigenvalue weighted by atomic mass is 10.2. The Kier molecular flexibility index (Phi) is 6.32. The summed E-state index contributed by atoms with van der Waals surface area (Å²) in [6.45, 7) is 4.44. The van der Waals surface area contributed by atoms with E-state index in [1.165, 1.54) is 4.88 Å². The van der Waals surface area contributed by atoms with E-state index in [2.05, 4.69) is 36.8 Å². The van der Waals surface area contributed by atoms with Gasteiger partial charge in [-0.15, -0.1) is 11.3 Å². The summed E-state index contributed by atoms with van der Waals surface area (Å²) in [5, 5.41) is 2.81. The van der Waals surface area contributed by atoms with Crippen molar-refractivity contribution in [3.8, 4) is 0 Å². The highest BCUT2D eigenvalue weighted by atomic mass is 32.2. The molecule has 0 saturated heterocycles. The molecule has 0 amide bonds. The Morgan fingerprint density at radius 3 is 2.87 bits per heavy atom. The summed E-state index contributed by atoms with van der Waals surface area (Å²) in [6, 6.07) is 4.72. The summed E-state index contributed by atoms with van der Waals surface area (Å²) in [7, 11) is 0. The molecular weight excluding hydrogens is 224 g/mol. The van der Waals surface area contributed by atoms with Gasteiger partial charge in [-0.25, -0.2) is 0 Å². The number of hydrogen-bond donors (Lipinski definition) is 2. The van der Waals surface area contributed by atoms with E-state index in [9.17, 15) is 0 Å². The van der Waals surface area contributed by atoms with Gasteiger partial charge in [0.05, 0.1) is 0 Å². The van der Waals surface area contributed by atoms with E-state index in [-0.39, 0.29) is 0 Å². The SMILES string of the molecule is CC(C)SCC(CCc1cccs1)NN. The normalized spacial score (nSPS) is 13.3. The van der Waals surface area contributed by atoms with Crippen LogP contribution in [0, 0.1) is 0 Å². The largest absolute Gasteiger partial charge is 0.271 e.